The Labute approximate surface area is 169 Å². The van der Waals surface area contributed by atoms with Crippen LogP contribution >= 0.6 is 15.9 Å². The fraction of sp³-hybridized carbons (Fsp3) is 0.333. The number of pyridine rings is 1. The Morgan fingerprint density at radius 1 is 1.36 bits per heavy atom. The first-order valence-corrected chi connectivity index (χ1v) is 9.26. The molecule has 1 aliphatic rings. The van der Waals surface area contributed by atoms with E-state index >= 15 is 0 Å². The molecule has 0 aliphatic carbocycles. The van der Waals surface area contributed by atoms with Gasteiger partial charge in [0.15, 0.2) is 0 Å². The number of halogens is 1. The number of benzene rings is 1. The molecule has 3 rings (SSSR count). The molecule has 2 aromatic rings. The number of amides is 1. The monoisotopic (exact) mass is 450 g/mol. The highest BCUT2D eigenvalue weighted by Gasteiger charge is 2.28. The summed E-state index contributed by atoms with van der Waals surface area (Å²) in [4.78, 5) is 26.8. The minimum absolute atomic E-state index is 0.112. The second-order valence-electron chi connectivity index (χ2n) is 7.15. The molecule has 10 heteroatoms. The number of alkyl carbamates (subject to hydrolysis) is 1. The number of aromatic nitrogens is 1. The van der Waals surface area contributed by atoms with Crippen molar-refractivity contribution in [1.29, 1.82) is 0 Å². The molecule has 2 N–H and O–H groups in total. The molecule has 0 saturated heterocycles. The van der Waals surface area contributed by atoms with Crippen LogP contribution in [0.25, 0.3) is 0 Å². The van der Waals surface area contributed by atoms with E-state index in [4.69, 9.17) is 9.47 Å². The predicted molar refractivity (Wildman–Crippen MR) is 106 cm³/mol. The molecule has 0 spiro atoms. The number of hydrogen-bond donors (Lipinski definition) is 2. The zero-order valence-corrected chi connectivity index (χ0v) is 17.1. The van der Waals surface area contributed by atoms with Crippen molar-refractivity contribution in [2.24, 2.45) is 0 Å². The molecule has 0 saturated carbocycles. The van der Waals surface area contributed by atoms with Gasteiger partial charge in [-0.2, -0.15) is 0 Å². The van der Waals surface area contributed by atoms with E-state index in [0.29, 0.717) is 16.0 Å². The van der Waals surface area contributed by atoms with Gasteiger partial charge in [0.05, 0.1) is 11.0 Å². The van der Waals surface area contributed by atoms with Crippen molar-refractivity contribution in [3.05, 3.63) is 50.6 Å². The zero-order valence-electron chi connectivity index (χ0n) is 15.5. The maximum Gasteiger partial charge on any atom is 0.408 e. The number of nitrogens with one attached hydrogen (secondary N) is 2. The first-order chi connectivity index (χ1) is 13.1. The third-order valence-electron chi connectivity index (χ3n) is 3.78. The van der Waals surface area contributed by atoms with E-state index in [1.165, 1.54) is 12.1 Å². The lowest BCUT2D eigenvalue weighted by Gasteiger charge is -2.21. The van der Waals surface area contributed by atoms with E-state index in [1.807, 2.05) is 0 Å². The van der Waals surface area contributed by atoms with E-state index in [-0.39, 0.29) is 24.2 Å². The fourth-order valence-electron chi connectivity index (χ4n) is 2.66. The normalized spacial score (nSPS) is 15.4. The molecule has 1 atom stereocenters. The van der Waals surface area contributed by atoms with Gasteiger partial charge in [-0.3, -0.25) is 10.1 Å². The number of fused-ring (bicyclic) bond motifs is 1. The Morgan fingerprint density at radius 2 is 2.11 bits per heavy atom. The van der Waals surface area contributed by atoms with Crippen LogP contribution in [-0.4, -0.2) is 28.2 Å². The standard InChI is InChI=1S/C18H19BrN4O5/c1-18(2,3)28-17(24)21-12-9-27-14-8-10(4-5-11(12)14)20-16-13(23(25)26)6-7-15(19)22-16/h4-8,12H,9H2,1-3H3,(H,20,22)(H,21,24)/t12-/m0/s1. The van der Waals surface area contributed by atoms with Crippen LogP contribution in [0.15, 0.2) is 34.9 Å². The van der Waals surface area contributed by atoms with Crippen LogP contribution in [0.4, 0.5) is 22.0 Å². The van der Waals surface area contributed by atoms with Crippen LogP contribution in [0.1, 0.15) is 32.4 Å². The van der Waals surface area contributed by atoms with Crippen LogP contribution in [0.2, 0.25) is 0 Å². The lowest BCUT2D eigenvalue weighted by atomic mass is 10.1. The van der Waals surface area contributed by atoms with Gasteiger partial charge in [0, 0.05) is 23.4 Å². The summed E-state index contributed by atoms with van der Waals surface area (Å²) in [5.41, 5.74) is 0.638. The summed E-state index contributed by atoms with van der Waals surface area (Å²) in [5, 5.41) is 16.9. The van der Waals surface area contributed by atoms with Crippen molar-refractivity contribution in [3.8, 4) is 5.75 Å². The number of ether oxygens (including phenoxy) is 2. The number of hydrogen-bond acceptors (Lipinski definition) is 7. The second-order valence-corrected chi connectivity index (χ2v) is 7.96. The number of carbonyl (C=O) groups is 1. The van der Waals surface area contributed by atoms with Gasteiger partial charge >= 0.3 is 11.8 Å². The summed E-state index contributed by atoms with van der Waals surface area (Å²) in [5.74, 6) is 0.685. The Balaban J connectivity index is 1.76. The summed E-state index contributed by atoms with van der Waals surface area (Å²) in [6.45, 7) is 5.64. The van der Waals surface area contributed by atoms with E-state index in [9.17, 15) is 14.9 Å². The van der Waals surface area contributed by atoms with Crippen LogP contribution in [0.5, 0.6) is 5.75 Å². The van der Waals surface area contributed by atoms with Gasteiger partial charge in [-0.05, 0) is 48.8 Å². The van der Waals surface area contributed by atoms with Crippen LogP contribution < -0.4 is 15.4 Å². The highest BCUT2D eigenvalue weighted by atomic mass is 79.9. The number of nitro groups is 1. The third kappa shape index (κ3) is 4.69. The topological polar surface area (TPSA) is 116 Å². The summed E-state index contributed by atoms with van der Waals surface area (Å²) in [7, 11) is 0. The zero-order chi connectivity index (χ0) is 20.5. The Bertz CT molecular complexity index is 929. The molecular weight excluding hydrogens is 432 g/mol. The van der Waals surface area contributed by atoms with Crippen molar-refractivity contribution in [1.82, 2.24) is 10.3 Å². The molecule has 0 fully saturated rings. The van der Waals surface area contributed by atoms with Crippen LogP contribution in [-0.2, 0) is 4.74 Å². The molecule has 0 unspecified atom stereocenters. The molecule has 0 bridgehead atoms. The minimum Gasteiger partial charge on any atom is -0.491 e. The van der Waals surface area contributed by atoms with Gasteiger partial charge < -0.3 is 20.1 Å². The first-order valence-electron chi connectivity index (χ1n) is 8.46. The van der Waals surface area contributed by atoms with Crippen LogP contribution in [0.3, 0.4) is 0 Å². The van der Waals surface area contributed by atoms with E-state index in [2.05, 4.69) is 31.5 Å². The highest BCUT2D eigenvalue weighted by Crippen LogP contribution is 2.36. The molecule has 2 heterocycles. The molecule has 0 radical (unpaired) electrons. The Morgan fingerprint density at radius 3 is 2.79 bits per heavy atom. The van der Waals surface area contributed by atoms with Gasteiger partial charge in [0.2, 0.25) is 5.82 Å². The Hall–Kier alpha value is -2.88. The van der Waals surface area contributed by atoms with Crippen molar-refractivity contribution >= 4 is 39.2 Å². The SMILES string of the molecule is CC(C)(C)OC(=O)N[C@H]1COc2cc(Nc3nc(Br)ccc3[N+](=O)[O-])ccc21. The maximum absolute atomic E-state index is 12.0. The lowest BCUT2D eigenvalue weighted by molar-refractivity contribution is -0.384. The molecule has 1 aromatic heterocycles. The molecule has 1 aliphatic heterocycles. The average molecular weight is 451 g/mol. The molecule has 148 valence electrons. The van der Waals surface area contributed by atoms with Gasteiger partial charge in [0.1, 0.15) is 22.6 Å². The number of carbonyl (C=O) groups excluding carboxylic acids is 1. The van der Waals surface area contributed by atoms with Crippen molar-refractivity contribution < 1.29 is 19.2 Å². The van der Waals surface area contributed by atoms with Crippen molar-refractivity contribution in [2.75, 3.05) is 11.9 Å². The Kier molecular flexibility index (Phi) is 5.41. The van der Waals surface area contributed by atoms with Gasteiger partial charge in [-0.1, -0.05) is 6.07 Å². The number of anilines is 2. The molecule has 9 nitrogen and oxygen atoms in total. The van der Waals surface area contributed by atoms with Gasteiger partial charge in [-0.25, -0.2) is 9.78 Å². The second kappa shape index (κ2) is 7.63. The van der Waals surface area contributed by atoms with E-state index < -0.39 is 16.6 Å². The molecular formula is C18H19BrN4O5. The summed E-state index contributed by atoms with van der Waals surface area (Å²) >= 11 is 3.21. The third-order valence-corrected chi connectivity index (χ3v) is 4.23. The van der Waals surface area contributed by atoms with E-state index in [1.54, 1.807) is 39.0 Å². The number of rotatable bonds is 4. The summed E-state index contributed by atoms with van der Waals surface area (Å²) < 4.78 is 11.4. The fourth-order valence-corrected chi connectivity index (χ4v) is 2.97. The highest BCUT2D eigenvalue weighted by molar-refractivity contribution is 9.10. The predicted octanol–water partition coefficient (Wildman–Crippen LogP) is 4.45. The maximum atomic E-state index is 12.0. The van der Waals surface area contributed by atoms with Gasteiger partial charge in [-0.15, -0.1) is 0 Å². The lowest BCUT2D eigenvalue weighted by Crippen LogP contribution is -2.35. The molecule has 1 amide bonds. The quantitative estimate of drug-likeness (QED) is 0.401. The van der Waals surface area contributed by atoms with Crippen molar-refractivity contribution in [2.45, 2.75) is 32.4 Å². The summed E-state index contributed by atoms with van der Waals surface area (Å²) in [6, 6.07) is 7.77. The average Bonchev–Trinajstić information content (AvgIpc) is 2.95. The van der Waals surface area contributed by atoms with E-state index in [0.717, 1.165) is 5.56 Å². The molecule has 28 heavy (non-hydrogen) atoms. The van der Waals surface area contributed by atoms with Gasteiger partial charge in [0.25, 0.3) is 0 Å². The first kappa shape index (κ1) is 19.9. The summed E-state index contributed by atoms with van der Waals surface area (Å²) in [6.07, 6.45) is -0.523. The number of nitrogens with zero attached hydrogens (tertiary/aromatic N) is 2. The molecule has 1 aromatic carbocycles. The van der Waals surface area contributed by atoms with Crippen LogP contribution in [0, 0.1) is 10.1 Å². The minimum atomic E-state index is -0.591. The smallest absolute Gasteiger partial charge is 0.408 e. The largest absolute Gasteiger partial charge is 0.491 e. The van der Waals surface area contributed by atoms with Crippen molar-refractivity contribution in [3.63, 3.8) is 0 Å².